The molecule has 0 bridgehead atoms. The Kier molecular flexibility index (Phi) is 4.47. The molecule has 0 atom stereocenters. The predicted octanol–water partition coefficient (Wildman–Crippen LogP) is 3.37. The van der Waals surface area contributed by atoms with E-state index in [1.807, 2.05) is 0 Å². The van der Waals surface area contributed by atoms with Crippen molar-refractivity contribution in [2.45, 2.75) is 17.7 Å². The molecular formula is C16H13ClFNO4S. The second kappa shape index (κ2) is 6.41. The zero-order valence-corrected chi connectivity index (χ0v) is 14.0. The Balaban J connectivity index is 1.81. The molecule has 0 unspecified atom stereocenters. The van der Waals surface area contributed by atoms with Gasteiger partial charge >= 0.3 is 10.1 Å². The van der Waals surface area contributed by atoms with Crippen LogP contribution in [0.3, 0.4) is 0 Å². The van der Waals surface area contributed by atoms with Crippen LogP contribution in [-0.4, -0.2) is 20.9 Å². The first kappa shape index (κ1) is 16.7. The van der Waals surface area contributed by atoms with Crippen molar-refractivity contribution in [1.29, 1.82) is 0 Å². The van der Waals surface area contributed by atoms with Gasteiger partial charge in [0.15, 0.2) is 0 Å². The van der Waals surface area contributed by atoms with Crippen molar-refractivity contribution >= 4 is 33.3 Å². The van der Waals surface area contributed by atoms with Crippen LogP contribution in [0.2, 0.25) is 5.02 Å². The van der Waals surface area contributed by atoms with Gasteiger partial charge in [-0.2, -0.15) is 8.42 Å². The molecular weight excluding hydrogens is 357 g/mol. The molecule has 1 amide bonds. The van der Waals surface area contributed by atoms with E-state index in [1.165, 1.54) is 12.1 Å². The van der Waals surface area contributed by atoms with E-state index in [2.05, 4.69) is 0 Å². The van der Waals surface area contributed by atoms with E-state index in [0.717, 1.165) is 24.6 Å². The molecule has 24 heavy (non-hydrogen) atoms. The fourth-order valence-electron chi connectivity index (χ4n) is 2.45. The third-order valence-corrected chi connectivity index (χ3v) is 5.32. The molecule has 1 fully saturated rings. The smallest absolute Gasteiger partial charge is 0.340 e. The van der Waals surface area contributed by atoms with Gasteiger partial charge in [0.05, 0.1) is 5.02 Å². The highest BCUT2D eigenvalue weighted by Gasteiger charge is 2.23. The number of carbonyl (C=O) groups excluding carboxylic acids is 1. The number of amides is 1. The monoisotopic (exact) mass is 369 g/mol. The third-order valence-electron chi connectivity index (χ3n) is 3.59. The van der Waals surface area contributed by atoms with Gasteiger partial charge in [-0.1, -0.05) is 11.6 Å². The van der Waals surface area contributed by atoms with Crippen LogP contribution in [-0.2, 0) is 14.9 Å². The molecule has 0 saturated carbocycles. The standard InChI is InChI=1S/C16H13ClFNO4S/c17-14-10-11(18)3-8-15(14)24(21,22)23-13-6-4-12(5-7-13)19-9-1-2-16(19)20/h3-8,10H,1-2,9H2. The van der Waals surface area contributed by atoms with E-state index in [1.54, 1.807) is 17.0 Å². The number of halogens is 2. The van der Waals surface area contributed by atoms with Crippen molar-refractivity contribution in [3.05, 3.63) is 53.3 Å². The molecule has 1 saturated heterocycles. The first-order valence-electron chi connectivity index (χ1n) is 7.17. The lowest BCUT2D eigenvalue weighted by Gasteiger charge is -2.16. The number of carbonyl (C=O) groups is 1. The van der Waals surface area contributed by atoms with Gasteiger partial charge in [-0.25, -0.2) is 4.39 Å². The maximum absolute atomic E-state index is 13.0. The van der Waals surface area contributed by atoms with Crippen LogP contribution in [0, 0.1) is 5.82 Å². The summed E-state index contributed by atoms with van der Waals surface area (Å²) in [5.74, 6) is -0.529. The highest BCUT2D eigenvalue weighted by Crippen LogP contribution is 2.28. The van der Waals surface area contributed by atoms with Crippen LogP contribution in [0.5, 0.6) is 5.75 Å². The predicted molar refractivity (Wildman–Crippen MR) is 87.3 cm³/mol. The van der Waals surface area contributed by atoms with Gasteiger partial charge in [0.25, 0.3) is 0 Å². The fraction of sp³-hybridized carbons (Fsp3) is 0.188. The highest BCUT2D eigenvalue weighted by molar-refractivity contribution is 7.87. The van der Waals surface area contributed by atoms with Gasteiger partial charge in [-0.05, 0) is 48.9 Å². The largest absolute Gasteiger partial charge is 0.379 e. The molecule has 0 N–H and O–H groups in total. The second-order valence-corrected chi connectivity index (χ2v) is 7.18. The number of hydrogen-bond acceptors (Lipinski definition) is 4. The summed E-state index contributed by atoms with van der Waals surface area (Å²) in [5.41, 5.74) is 0.682. The summed E-state index contributed by atoms with van der Waals surface area (Å²) < 4.78 is 42.5. The molecule has 0 spiro atoms. The molecule has 1 heterocycles. The molecule has 5 nitrogen and oxygen atoms in total. The highest BCUT2D eigenvalue weighted by atomic mass is 35.5. The maximum atomic E-state index is 13.0. The van der Waals surface area contributed by atoms with Crippen molar-refractivity contribution in [1.82, 2.24) is 0 Å². The molecule has 1 aliphatic rings. The summed E-state index contributed by atoms with van der Waals surface area (Å²) in [6.07, 6.45) is 1.31. The SMILES string of the molecule is O=C1CCCN1c1ccc(OS(=O)(=O)c2ccc(F)cc2Cl)cc1. The van der Waals surface area contributed by atoms with Crippen LogP contribution in [0.25, 0.3) is 0 Å². The van der Waals surface area contributed by atoms with Crippen molar-refractivity contribution in [2.75, 3.05) is 11.4 Å². The van der Waals surface area contributed by atoms with E-state index in [9.17, 15) is 17.6 Å². The number of benzene rings is 2. The van der Waals surface area contributed by atoms with Crippen molar-refractivity contribution in [2.24, 2.45) is 0 Å². The minimum absolute atomic E-state index is 0.0365. The Morgan fingerprint density at radius 2 is 1.83 bits per heavy atom. The number of rotatable bonds is 4. The molecule has 0 aliphatic carbocycles. The Labute approximate surface area is 143 Å². The number of nitrogens with zero attached hydrogens (tertiary/aromatic N) is 1. The molecule has 0 aromatic heterocycles. The Bertz CT molecular complexity index is 883. The number of hydrogen-bond donors (Lipinski definition) is 0. The summed E-state index contributed by atoms with van der Waals surface area (Å²) >= 11 is 5.76. The average molecular weight is 370 g/mol. The van der Waals surface area contributed by atoms with Crippen LogP contribution in [0.15, 0.2) is 47.4 Å². The van der Waals surface area contributed by atoms with E-state index in [4.69, 9.17) is 15.8 Å². The van der Waals surface area contributed by atoms with Crippen LogP contribution in [0.1, 0.15) is 12.8 Å². The van der Waals surface area contributed by atoms with Gasteiger partial charge in [-0.3, -0.25) is 4.79 Å². The second-order valence-electron chi connectivity index (χ2n) is 5.26. The molecule has 2 aromatic carbocycles. The first-order valence-corrected chi connectivity index (χ1v) is 8.95. The third kappa shape index (κ3) is 3.37. The molecule has 1 aliphatic heterocycles. The van der Waals surface area contributed by atoms with Crippen LogP contribution < -0.4 is 9.08 Å². The quantitative estimate of drug-likeness (QED) is 0.775. The van der Waals surface area contributed by atoms with E-state index >= 15 is 0 Å². The maximum Gasteiger partial charge on any atom is 0.340 e. The van der Waals surface area contributed by atoms with Crippen molar-refractivity contribution in [3.63, 3.8) is 0 Å². The topological polar surface area (TPSA) is 63.7 Å². The van der Waals surface area contributed by atoms with Gasteiger partial charge < -0.3 is 9.08 Å². The van der Waals surface area contributed by atoms with Gasteiger partial charge in [0, 0.05) is 18.7 Å². The Morgan fingerprint density at radius 1 is 1.12 bits per heavy atom. The lowest BCUT2D eigenvalue weighted by Crippen LogP contribution is -2.23. The summed E-state index contributed by atoms with van der Waals surface area (Å²) in [5, 5.41) is -0.255. The minimum Gasteiger partial charge on any atom is -0.379 e. The summed E-state index contributed by atoms with van der Waals surface area (Å²) in [4.78, 5) is 13.0. The summed E-state index contributed by atoms with van der Waals surface area (Å²) in [7, 11) is -4.18. The number of anilines is 1. The average Bonchev–Trinajstić information content (AvgIpc) is 2.93. The summed E-state index contributed by atoms with van der Waals surface area (Å²) in [6.45, 7) is 0.641. The van der Waals surface area contributed by atoms with E-state index in [0.29, 0.717) is 18.7 Å². The van der Waals surface area contributed by atoms with Crippen LogP contribution >= 0.6 is 11.6 Å². The first-order chi connectivity index (χ1) is 11.4. The molecule has 0 radical (unpaired) electrons. The van der Waals surface area contributed by atoms with Crippen LogP contribution in [0.4, 0.5) is 10.1 Å². The molecule has 2 aromatic rings. The fourth-order valence-corrected chi connectivity index (χ4v) is 3.89. The lowest BCUT2D eigenvalue weighted by atomic mass is 10.3. The van der Waals surface area contributed by atoms with Gasteiger partial charge in [-0.15, -0.1) is 0 Å². The van der Waals surface area contributed by atoms with E-state index < -0.39 is 15.9 Å². The Hall–Kier alpha value is -2.12. The summed E-state index contributed by atoms with van der Waals surface area (Å²) in [6, 6.07) is 9.07. The van der Waals surface area contributed by atoms with Crippen molar-refractivity contribution < 1.29 is 21.8 Å². The molecule has 8 heteroatoms. The molecule has 126 valence electrons. The normalized spacial score (nSPS) is 14.9. The van der Waals surface area contributed by atoms with Crippen molar-refractivity contribution in [3.8, 4) is 5.75 Å². The van der Waals surface area contributed by atoms with Gasteiger partial charge in [0.2, 0.25) is 5.91 Å². The van der Waals surface area contributed by atoms with Gasteiger partial charge in [0.1, 0.15) is 16.5 Å². The van der Waals surface area contributed by atoms with E-state index in [-0.39, 0.29) is 21.6 Å². The lowest BCUT2D eigenvalue weighted by molar-refractivity contribution is -0.117. The zero-order chi connectivity index (χ0) is 17.3. The molecule has 3 rings (SSSR count). The Morgan fingerprint density at radius 3 is 2.42 bits per heavy atom. The zero-order valence-electron chi connectivity index (χ0n) is 12.4. The minimum atomic E-state index is -4.18.